The summed E-state index contributed by atoms with van der Waals surface area (Å²) in [6, 6.07) is 9.24. The summed E-state index contributed by atoms with van der Waals surface area (Å²) in [5, 5.41) is 3.30. The molecule has 2 unspecified atom stereocenters. The fraction of sp³-hybridized carbons (Fsp3) is 0.304. The van der Waals surface area contributed by atoms with Crippen molar-refractivity contribution in [1.29, 1.82) is 0 Å². The van der Waals surface area contributed by atoms with E-state index in [9.17, 15) is 9.59 Å². The zero-order chi connectivity index (χ0) is 20.8. The Bertz CT molecular complexity index is 1090. The van der Waals surface area contributed by atoms with Crippen LogP contribution in [-0.4, -0.2) is 25.7 Å². The summed E-state index contributed by atoms with van der Waals surface area (Å²) in [5.41, 5.74) is 3.32. The summed E-state index contributed by atoms with van der Waals surface area (Å²) < 4.78 is 21.5. The Hall–Kier alpha value is -3.48. The first-order valence-corrected chi connectivity index (χ1v) is 9.82. The van der Waals surface area contributed by atoms with Gasteiger partial charge >= 0.3 is 5.97 Å². The molecule has 1 aliphatic carbocycles. The van der Waals surface area contributed by atoms with Crippen LogP contribution in [0.15, 0.2) is 63.6 Å². The van der Waals surface area contributed by atoms with Crippen molar-refractivity contribution in [3.05, 3.63) is 70.5 Å². The lowest BCUT2D eigenvalue weighted by Crippen LogP contribution is -2.35. The number of nitrogens with one attached hydrogen (secondary N) is 1. The molecule has 0 spiro atoms. The number of hydrogen-bond acceptors (Lipinski definition) is 7. The molecule has 1 aromatic heterocycles. The molecule has 2 atom stereocenters. The minimum atomic E-state index is -0.534. The summed E-state index contributed by atoms with van der Waals surface area (Å²) in [4.78, 5) is 26.0. The number of fused-ring (bicyclic) bond motifs is 1. The van der Waals surface area contributed by atoms with Crippen LogP contribution < -0.4 is 14.8 Å². The summed E-state index contributed by atoms with van der Waals surface area (Å²) in [5.74, 6) is 0.993. The van der Waals surface area contributed by atoms with Crippen LogP contribution >= 0.6 is 0 Å². The Morgan fingerprint density at radius 3 is 2.77 bits per heavy atom. The predicted octanol–water partition coefficient (Wildman–Crippen LogP) is 3.54. The van der Waals surface area contributed by atoms with E-state index < -0.39 is 11.9 Å². The van der Waals surface area contributed by atoms with Crippen LogP contribution in [0.3, 0.4) is 0 Å². The lowest BCUT2D eigenvalue weighted by molar-refractivity contribution is -0.136. The lowest BCUT2D eigenvalue weighted by atomic mass is 9.72. The number of ether oxygens (including phenoxy) is 3. The molecule has 0 bridgehead atoms. The van der Waals surface area contributed by atoms with Crippen LogP contribution in [0.1, 0.15) is 42.9 Å². The number of carbonyl (C=O) groups is 2. The standard InChI is InChI=1S/C23H21NO6/c1-12-20(23(26)27-2)21(13-5-6-18-19(10-13)30-11-29-18)22-15(24-12)8-14(9-16(22)25)17-4-3-7-28-17/h3-7,10,14,21,24H,8-9,11H2,1-2H3. The SMILES string of the molecule is COC(=O)C1=C(C)NC2=C(C(=O)CC(c3ccco3)C2)C1c1ccc2c(c1)OCO2. The molecule has 0 saturated heterocycles. The molecule has 0 fully saturated rings. The average molecular weight is 407 g/mol. The molecule has 1 aromatic carbocycles. The van der Waals surface area contributed by atoms with Crippen LogP contribution in [0.25, 0.3) is 0 Å². The largest absolute Gasteiger partial charge is 0.469 e. The highest BCUT2D eigenvalue weighted by Crippen LogP contribution is 2.47. The first-order chi connectivity index (χ1) is 14.6. The number of allylic oxidation sites excluding steroid dienone is 3. The Labute approximate surface area is 173 Å². The fourth-order valence-corrected chi connectivity index (χ4v) is 4.57. The van der Waals surface area contributed by atoms with Gasteiger partial charge < -0.3 is 23.9 Å². The lowest BCUT2D eigenvalue weighted by Gasteiger charge is -2.36. The normalized spacial score (nSPS) is 22.7. The first-order valence-electron chi connectivity index (χ1n) is 9.82. The van der Waals surface area contributed by atoms with Gasteiger partial charge in [0.2, 0.25) is 6.79 Å². The second-order valence-corrected chi connectivity index (χ2v) is 7.64. The van der Waals surface area contributed by atoms with E-state index in [1.54, 1.807) is 6.26 Å². The van der Waals surface area contributed by atoms with Gasteiger partial charge in [0, 0.05) is 35.2 Å². The quantitative estimate of drug-likeness (QED) is 0.779. The number of rotatable bonds is 3. The maximum atomic E-state index is 13.3. The Balaban J connectivity index is 1.62. The van der Waals surface area contributed by atoms with Crippen molar-refractivity contribution in [1.82, 2.24) is 5.32 Å². The van der Waals surface area contributed by atoms with E-state index >= 15 is 0 Å². The molecule has 3 aliphatic rings. The third-order valence-corrected chi connectivity index (χ3v) is 5.91. The van der Waals surface area contributed by atoms with Crippen molar-refractivity contribution in [3.8, 4) is 11.5 Å². The van der Waals surface area contributed by atoms with Crippen LogP contribution in [0.5, 0.6) is 11.5 Å². The number of benzene rings is 1. The third kappa shape index (κ3) is 2.89. The van der Waals surface area contributed by atoms with Gasteiger partial charge in [0.25, 0.3) is 0 Å². The molecule has 0 saturated carbocycles. The monoisotopic (exact) mass is 407 g/mol. The van der Waals surface area contributed by atoms with Crippen LogP contribution in [0, 0.1) is 0 Å². The zero-order valence-electron chi connectivity index (χ0n) is 16.7. The fourth-order valence-electron chi connectivity index (χ4n) is 4.57. The van der Waals surface area contributed by atoms with E-state index in [0.717, 1.165) is 17.0 Å². The van der Waals surface area contributed by atoms with Gasteiger partial charge in [-0.05, 0) is 43.2 Å². The average Bonchev–Trinajstić information content (AvgIpc) is 3.43. The first kappa shape index (κ1) is 18.5. The smallest absolute Gasteiger partial charge is 0.336 e. The van der Waals surface area contributed by atoms with E-state index in [1.807, 2.05) is 37.3 Å². The molecule has 7 heteroatoms. The molecule has 0 amide bonds. The van der Waals surface area contributed by atoms with Gasteiger partial charge in [0.15, 0.2) is 17.3 Å². The molecule has 2 aliphatic heterocycles. The van der Waals surface area contributed by atoms with E-state index in [-0.39, 0.29) is 18.5 Å². The number of furan rings is 1. The topological polar surface area (TPSA) is 87.0 Å². The van der Waals surface area contributed by atoms with E-state index in [1.165, 1.54) is 7.11 Å². The molecular weight excluding hydrogens is 386 g/mol. The van der Waals surface area contributed by atoms with E-state index in [0.29, 0.717) is 41.2 Å². The van der Waals surface area contributed by atoms with Gasteiger partial charge in [-0.1, -0.05) is 6.07 Å². The van der Waals surface area contributed by atoms with Crippen molar-refractivity contribution < 1.29 is 28.2 Å². The Morgan fingerprint density at radius 1 is 1.17 bits per heavy atom. The van der Waals surface area contributed by atoms with Crippen molar-refractivity contribution in [2.24, 2.45) is 0 Å². The number of ketones is 1. The van der Waals surface area contributed by atoms with E-state index in [2.05, 4.69) is 5.32 Å². The van der Waals surface area contributed by atoms with Gasteiger partial charge in [-0.15, -0.1) is 0 Å². The van der Waals surface area contributed by atoms with Gasteiger partial charge in [0.05, 0.1) is 18.9 Å². The molecule has 2 aromatic rings. The summed E-state index contributed by atoms with van der Waals surface area (Å²) in [6.45, 7) is 1.98. The highest BCUT2D eigenvalue weighted by atomic mass is 16.7. The zero-order valence-corrected chi connectivity index (χ0v) is 16.7. The van der Waals surface area contributed by atoms with Crippen molar-refractivity contribution in [2.75, 3.05) is 13.9 Å². The maximum Gasteiger partial charge on any atom is 0.336 e. The van der Waals surface area contributed by atoms with Gasteiger partial charge in [-0.2, -0.15) is 0 Å². The molecule has 1 N–H and O–H groups in total. The van der Waals surface area contributed by atoms with Crippen molar-refractivity contribution >= 4 is 11.8 Å². The number of esters is 1. The number of hydrogen-bond donors (Lipinski definition) is 1. The Morgan fingerprint density at radius 2 is 2.00 bits per heavy atom. The number of carbonyl (C=O) groups excluding carboxylic acids is 2. The summed E-state index contributed by atoms with van der Waals surface area (Å²) in [6.07, 6.45) is 2.57. The van der Waals surface area contributed by atoms with E-state index in [4.69, 9.17) is 18.6 Å². The van der Waals surface area contributed by atoms with Crippen molar-refractivity contribution in [2.45, 2.75) is 31.6 Å². The summed E-state index contributed by atoms with van der Waals surface area (Å²) in [7, 11) is 1.35. The third-order valence-electron chi connectivity index (χ3n) is 5.91. The van der Waals surface area contributed by atoms with Crippen LogP contribution in [0.4, 0.5) is 0 Å². The highest BCUT2D eigenvalue weighted by molar-refractivity contribution is 6.04. The molecular formula is C23H21NO6. The van der Waals surface area contributed by atoms with Crippen LogP contribution in [0.2, 0.25) is 0 Å². The van der Waals surface area contributed by atoms with Crippen LogP contribution in [-0.2, 0) is 14.3 Å². The molecule has 30 heavy (non-hydrogen) atoms. The molecule has 7 nitrogen and oxygen atoms in total. The van der Waals surface area contributed by atoms with Gasteiger partial charge in [-0.25, -0.2) is 4.79 Å². The maximum absolute atomic E-state index is 13.3. The number of dihydropyridines is 1. The summed E-state index contributed by atoms with van der Waals surface area (Å²) >= 11 is 0. The molecule has 3 heterocycles. The Kier molecular flexibility index (Phi) is 4.38. The second-order valence-electron chi connectivity index (χ2n) is 7.64. The molecule has 0 radical (unpaired) electrons. The van der Waals surface area contributed by atoms with Gasteiger partial charge in [0.1, 0.15) is 5.76 Å². The molecule has 154 valence electrons. The minimum absolute atomic E-state index is 0.0123. The molecule has 5 rings (SSSR count). The highest BCUT2D eigenvalue weighted by Gasteiger charge is 2.42. The number of methoxy groups -OCH3 is 1. The predicted molar refractivity (Wildman–Crippen MR) is 106 cm³/mol. The minimum Gasteiger partial charge on any atom is -0.469 e. The van der Waals surface area contributed by atoms with Crippen molar-refractivity contribution in [3.63, 3.8) is 0 Å². The second kappa shape index (κ2) is 7.09. The van der Waals surface area contributed by atoms with Gasteiger partial charge in [-0.3, -0.25) is 4.79 Å². The number of Topliss-reactive ketones (excluding diaryl/α,β-unsaturated/α-hetero) is 1.